The molecule has 0 spiro atoms. The molecule has 24 heavy (non-hydrogen) atoms. The average molecular weight is 321 g/mol. The Kier molecular flexibility index (Phi) is 3.77. The van der Waals surface area contributed by atoms with E-state index in [1.807, 2.05) is 27.9 Å². The normalized spacial score (nSPS) is 17.4. The summed E-state index contributed by atoms with van der Waals surface area (Å²) in [6.45, 7) is 1.44. The molecule has 2 aromatic rings. The van der Waals surface area contributed by atoms with E-state index in [9.17, 15) is 4.79 Å². The monoisotopic (exact) mass is 321 g/mol. The van der Waals surface area contributed by atoms with E-state index >= 15 is 0 Å². The number of hydrogen-bond acceptors (Lipinski definition) is 4. The number of nitrogens with zero attached hydrogens (tertiary/aromatic N) is 5. The van der Waals surface area contributed by atoms with Gasteiger partial charge in [-0.05, 0) is 37.0 Å². The first-order valence-electron chi connectivity index (χ1n) is 8.41. The molecule has 0 N–H and O–H groups in total. The van der Waals surface area contributed by atoms with Gasteiger partial charge < -0.3 is 4.90 Å². The number of carbonyl (C=O) groups is 1. The predicted molar refractivity (Wildman–Crippen MR) is 87.1 cm³/mol. The van der Waals surface area contributed by atoms with Crippen LogP contribution in [-0.2, 0) is 11.2 Å². The van der Waals surface area contributed by atoms with E-state index in [0.717, 1.165) is 24.3 Å². The van der Waals surface area contributed by atoms with Crippen LogP contribution in [0, 0.1) is 11.3 Å². The Morgan fingerprint density at radius 3 is 2.67 bits per heavy atom. The standard InChI is InChI=1S/C18H19N5O/c19-9-14-3-1-13(2-4-14)5-8-18(24)22-10-16(11-22)23-12-17(20-21-23)15-6-7-15/h1-4,12,15-16H,5-8,10-11H2. The van der Waals surface area contributed by atoms with Crippen LogP contribution in [0.15, 0.2) is 30.5 Å². The molecule has 1 aliphatic carbocycles. The van der Waals surface area contributed by atoms with Crippen LogP contribution in [0.3, 0.4) is 0 Å². The second-order valence-electron chi connectivity index (χ2n) is 6.66. The summed E-state index contributed by atoms with van der Waals surface area (Å²) in [4.78, 5) is 14.1. The lowest BCUT2D eigenvalue weighted by Gasteiger charge is -2.39. The minimum absolute atomic E-state index is 0.179. The summed E-state index contributed by atoms with van der Waals surface area (Å²) < 4.78 is 1.91. The van der Waals surface area contributed by atoms with Crippen molar-refractivity contribution in [2.75, 3.05) is 13.1 Å². The van der Waals surface area contributed by atoms with E-state index in [1.165, 1.54) is 12.8 Å². The van der Waals surface area contributed by atoms with Crippen molar-refractivity contribution in [3.05, 3.63) is 47.3 Å². The molecule has 1 aliphatic heterocycles. The van der Waals surface area contributed by atoms with Gasteiger partial charge in [-0.25, -0.2) is 4.68 Å². The van der Waals surface area contributed by atoms with Crippen molar-refractivity contribution in [2.45, 2.75) is 37.6 Å². The van der Waals surface area contributed by atoms with Crippen LogP contribution in [0.2, 0.25) is 0 Å². The molecule has 0 unspecified atom stereocenters. The topological polar surface area (TPSA) is 74.8 Å². The highest BCUT2D eigenvalue weighted by atomic mass is 16.2. The summed E-state index contributed by atoms with van der Waals surface area (Å²) in [6.07, 6.45) is 5.71. The summed E-state index contributed by atoms with van der Waals surface area (Å²) in [7, 11) is 0. The first kappa shape index (κ1) is 14.9. The van der Waals surface area contributed by atoms with Crippen molar-refractivity contribution < 1.29 is 4.79 Å². The summed E-state index contributed by atoms with van der Waals surface area (Å²) in [5.74, 6) is 0.794. The largest absolute Gasteiger partial charge is 0.338 e. The molecule has 2 aliphatic rings. The van der Waals surface area contributed by atoms with Crippen LogP contribution in [-0.4, -0.2) is 38.9 Å². The number of rotatable bonds is 5. The molecule has 1 aromatic carbocycles. The van der Waals surface area contributed by atoms with Gasteiger partial charge in [0.25, 0.3) is 0 Å². The number of carbonyl (C=O) groups excluding carboxylic acids is 1. The summed E-state index contributed by atoms with van der Waals surface area (Å²) in [5.41, 5.74) is 2.83. The molecule has 1 aromatic heterocycles. The summed E-state index contributed by atoms with van der Waals surface area (Å²) >= 11 is 0. The maximum Gasteiger partial charge on any atom is 0.223 e. The summed E-state index contributed by atoms with van der Waals surface area (Å²) in [5, 5.41) is 17.2. The van der Waals surface area contributed by atoms with E-state index in [2.05, 4.69) is 16.4 Å². The fourth-order valence-corrected chi connectivity index (χ4v) is 3.02. The molecule has 0 atom stereocenters. The SMILES string of the molecule is N#Cc1ccc(CCC(=O)N2CC(n3cc(C4CC4)nn3)C2)cc1. The highest BCUT2D eigenvalue weighted by Gasteiger charge is 2.34. The van der Waals surface area contributed by atoms with Gasteiger partial charge in [-0.3, -0.25) is 4.79 Å². The molecule has 6 nitrogen and oxygen atoms in total. The molecule has 6 heteroatoms. The van der Waals surface area contributed by atoms with E-state index in [-0.39, 0.29) is 11.9 Å². The third-order valence-corrected chi connectivity index (χ3v) is 4.82. The van der Waals surface area contributed by atoms with Crippen LogP contribution in [0.25, 0.3) is 0 Å². The molecule has 2 heterocycles. The molecule has 2 fully saturated rings. The third-order valence-electron chi connectivity index (χ3n) is 4.82. The van der Waals surface area contributed by atoms with Crippen molar-refractivity contribution in [2.24, 2.45) is 0 Å². The molecule has 4 rings (SSSR count). The molecular formula is C18H19N5O. The van der Waals surface area contributed by atoms with Gasteiger partial charge in [-0.2, -0.15) is 5.26 Å². The van der Waals surface area contributed by atoms with Crippen LogP contribution in [0.1, 0.15) is 48.0 Å². The van der Waals surface area contributed by atoms with Gasteiger partial charge in [0.05, 0.1) is 23.4 Å². The first-order valence-corrected chi connectivity index (χ1v) is 8.41. The molecule has 0 radical (unpaired) electrons. The molecule has 0 bridgehead atoms. The van der Waals surface area contributed by atoms with E-state index < -0.39 is 0 Å². The maximum atomic E-state index is 12.3. The zero-order chi connectivity index (χ0) is 16.5. The van der Waals surface area contributed by atoms with Crippen LogP contribution in [0.4, 0.5) is 0 Å². The van der Waals surface area contributed by atoms with Crippen LogP contribution < -0.4 is 0 Å². The van der Waals surface area contributed by atoms with Gasteiger partial charge >= 0.3 is 0 Å². The second kappa shape index (κ2) is 6.08. The Hall–Kier alpha value is -2.68. The average Bonchev–Trinajstić information content (AvgIpc) is 3.31. The van der Waals surface area contributed by atoms with Crippen molar-refractivity contribution in [1.82, 2.24) is 19.9 Å². The number of hydrogen-bond donors (Lipinski definition) is 0. The Balaban J connectivity index is 1.25. The maximum absolute atomic E-state index is 12.3. The van der Waals surface area contributed by atoms with E-state index in [1.54, 1.807) is 12.1 Å². The van der Waals surface area contributed by atoms with Gasteiger partial charge in [-0.15, -0.1) is 5.10 Å². The van der Waals surface area contributed by atoms with Crippen LogP contribution in [0.5, 0.6) is 0 Å². The molecule has 1 saturated heterocycles. The number of aryl methyl sites for hydroxylation is 1. The Bertz CT molecular complexity index is 778. The quantitative estimate of drug-likeness (QED) is 0.844. The Morgan fingerprint density at radius 2 is 2.00 bits per heavy atom. The zero-order valence-electron chi connectivity index (χ0n) is 13.4. The number of nitriles is 1. The van der Waals surface area contributed by atoms with Gasteiger partial charge in [0.1, 0.15) is 0 Å². The number of amides is 1. The van der Waals surface area contributed by atoms with Crippen LogP contribution >= 0.6 is 0 Å². The van der Waals surface area contributed by atoms with Gasteiger partial charge in [0.15, 0.2) is 0 Å². The first-order chi connectivity index (χ1) is 11.7. The number of likely N-dealkylation sites (tertiary alicyclic amines) is 1. The molecule has 1 amide bonds. The smallest absolute Gasteiger partial charge is 0.223 e. The van der Waals surface area contributed by atoms with E-state index in [4.69, 9.17) is 5.26 Å². The van der Waals surface area contributed by atoms with Crippen molar-refractivity contribution in [3.63, 3.8) is 0 Å². The highest BCUT2D eigenvalue weighted by Crippen LogP contribution is 2.39. The van der Waals surface area contributed by atoms with Crippen molar-refractivity contribution in [3.8, 4) is 6.07 Å². The highest BCUT2D eigenvalue weighted by molar-refractivity contribution is 5.77. The van der Waals surface area contributed by atoms with Gasteiger partial charge in [0, 0.05) is 31.6 Å². The summed E-state index contributed by atoms with van der Waals surface area (Å²) in [6, 6.07) is 9.79. The number of aromatic nitrogens is 3. The van der Waals surface area contributed by atoms with Crippen molar-refractivity contribution >= 4 is 5.91 Å². The molecule has 122 valence electrons. The lowest BCUT2D eigenvalue weighted by atomic mass is 10.0. The lowest BCUT2D eigenvalue weighted by molar-refractivity contribution is -0.137. The lowest BCUT2D eigenvalue weighted by Crippen LogP contribution is -2.51. The number of benzene rings is 1. The zero-order valence-corrected chi connectivity index (χ0v) is 13.4. The minimum Gasteiger partial charge on any atom is -0.338 e. The molecule has 1 saturated carbocycles. The predicted octanol–water partition coefficient (Wildman–Crippen LogP) is 2.04. The Morgan fingerprint density at radius 1 is 1.25 bits per heavy atom. The molecular weight excluding hydrogens is 302 g/mol. The fourth-order valence-electron chi connectivity index (χ4n) is 3.02. The van der Waals surface area contributed by atoms with Gasteiger partial charge in [-0.1, -0.05) is 17.3 Å². The fraction of sp³-hybridized carbons (Fsp3) is 0.444. The second-order valence-corrected chi connectivity index (χ2v) is 6.66. The van der Waals surface area contributed by atoms with Crippen molar-refractivity contribution in [1.29, 1.82) is 5.26 Å². The van der Waals surface area contributed by atoms with E-state index in [0.29, 0.717) is 24.3 Å². The third kappa shape index (κ3) is 3.02. The van der Waals surface area contributed by atoms with Gasteiger partial charge in [0.2, 0.25) is 5.91 Å². The minimum atomic E-state index is 0.179. The Labute approximate surface area is 140 Å².